The lowest BCUT2D eigenvalue weighted by Crippen LogP contribution is -2.10. The molecule has 3 aromatic rings. The van der Waals surface area contributed by atoms with E-state index < -0.39 is 0 Å². The molecule has 0 radical (unpaired) electrons. The number of nitrogens with two attached hydrogens (primary N) is 1. The Hall–Kier alpha value is -2.74. The summed E-state index contributed by atoms with van der Waals surface area (Å²) in [7, 11) is 0. The van der Waals surface area contributed by atoms with Crippen molar-refractivity contribution in [3.8, 4) is 5.75 Å². The van der Waals surface area contributed by atoms with Crippen molar-refractivity contribution in [2.24, 2.45) is 0 Å². The van der Waals surface area contributed by atoms with Crippen LogP contribution in [0.5, 0.6) is 5.75 Å². The average Bonchev–Trinajstić information content (AvgIpc) is 2.61. The van der Waals surface area contributed by atoms with E-state index in [0.29, 0.717) is 0 Å². The van der Waals surface area contributed by atoms with Gasteiger partial charge < -0.3 is 10.5 Å². The Labute approximate surface area is 136 Å². The van der Waals surface area contributed by atoms with Gasteiger partial charge in [-0.15, -0.1) is 0 Å². The Morgan fingerprint density at radius 2 is 1.74 bits per heavy atom. The van der Waals surface area contributed by atoms with Crippen LogP contribution in [0.3, 0.4) is 0 Å². The summed E-state index contributed by atoms with van der Waals surface area (Å²) in [5, 5.41) is 2.46. The van der Waals surface area contributed by atoms with Gasteiger partial charge in [-0.1, -0.05) is 49.4 Å². The molecular formula is C21H19NO. The number of rotatable bonds is 2. The first kappa shape index (κ1) is 13.9. The SMILES string of the molecule is CCc1cc2c(c3ccccc13)OC(c1ccc(N)cc1)C=C2. The van der Waals surface area contributed by atoms with Crippen molar-refractivity contribution in [2.75, 3.05) is 5.73 Å². The molecule has 2 nitrogen and oxygen atoms in total. The third-order valence-corrected chi connectivity index (χ3v) is 4.45. The molecule has 1 atom stereocenters. The molecule has 23 heavy (non-hydrogen) atoms. The molecule has 0 bridgehead atoms. The van der Waals surface area contributed by atoms with Gasteiger partial charge in [0.1, 0.15) is 11.9 Å². The highest BCUT2D eigenvalue weighted by atomic mass is 16.5. The molecule has 1 aliphatic heterocycles. The molecular weight excluding hydrogens is 282 g/mol. The number of fused-ring (bicyclic) bond motifs is 3. The van der Waals surface area contributed by atoms with Crippen molar-refractivity contribution in [1.29, 1.82) is 0 Å². The molecule has 4 rings (SSSR count). The van der Waals surface area contributed by atoms with Crippen molar-refractivity contribution in [3.63, 3.8) is 0 Å². The minimum atomic E-state index is -0.0704. The number of aryl methyl sites for hydroxylation is 1. The standard InChI is InChI=1S/C21H19NO/c1-2-14-13-16-9-12-20(15-7-10-17(22)11-8-15)23-21(16)19-6-4-3-5-18(14)19/h3-13,20H,2,22H2,1H3. The van der Waals surface area contributed by atoms with E-state index in [1.54, 1.807) is 0 Å². The predicted molar refractivity (Wildman–Crippen MR) is 96.6 cm³/mol. The molecule has 1 aliphatic rings. The summed E-state index contributed by atoms with van der Waals surface area (Å²) in [5.74, 6) is 0.974. The monoisotopic (exact) mass is 301 g/mol. The maximum absolute atomic E-state index is 6.34. The van der Waals surface area contributed by atoms with E-state index in [2.05, 4.69) is 49.4 Å². The summed E-state index contributed by atoms with van der Waals surface area (Å²) >= 11 is 0. The maximum atomic E-state index is 6.34. The molecule has 2 N–H and O–H groups in total. The van der Waals surface area contributed by atoms with E-state index in [4.69, 9.17) is 10.5 Å². The van der Waals surface area contributed by atoms with Crippen molar-refractivity contribution in [1.82, 2.24) is 0 Å². The fourth-order valence-corrected chi connectivity index (χ4v) is 3.22. The molecule has 0 spiro atoms. The lowest BCUT2D eigenvalue weighted by atomic mass is 9.95. The molecule has 2 heteroatoms. The zero-order valence-corrected chi connectivity index (χ0v) is 13.1. The normalized spacial score (nSPS) is 16.1. The number of hydrogen-bond donors (Lipinski definition) is 1. The molecule has 0 amide bonds. The molecule has 114 valence electrons. The maximum Gasteiger partial charge on any atom is 0.142 e. The molecule has 0 aromatic heterocycles. The van der Waals surface area contributed by atoms with Crippen molar-refractivity contribution < 1.29 is 4.74 Å². The Morgan fingerprint density at radius 1 is 1.00 bits per heavy atom. The van der Waals surface area contributed by atoms with E-state index >= 15 is 0 Å². The van der Waals surface area contributed by atoms with E-state index in [-0.39, 0.29) is 6.10 Å². The molecule has 1 unspecified atom stereocenters. The van der Waals surface area contributed by atoms with Crippen LogP contribution in [0.25, 0.3) is 16.8 Å². The average molecular weight is 301 g/mol. The van der Waals surface area contributed by atoms with Crippen LogP contribution < -0.4 is 10.5 Å². The van der Waals surface area contributed by atoms with Gasteiger partial charge in [-0.05, 0) is 47.2 Å². The van der Waals surface area contributed by atoms with Crippen LogP contribution in [0.4, 0.5) is 5.69 Å². The topological polar surface area (TPSA) is 35.2 Å². The molecule has 0 aliphatic carbocycles. The predicted octanol–water partition coefficient (Wildman–Crippen LogP) is 5.13. The Balaban J connectivity index is 1.83. The number of anilines is 1. The third-order valence-electron chi connectivity index (χ3n) is 4.45. The van der Waals surface area contributed by atoms with Gasteiger partial charge in [0, 0.05) is 16.6 Å². The summed E-state index contributed by atoms with van der Waals surface area (Å²) in [6.45, 7) is 2.19. The minimum absolute atomic E-state index is 0.0704. The second-order valence-corrected chi connectivity index (χ2v) is 5.92. The first-order valence-corrected chi connectivity index (χ1v) is 8.01. The second kappa shape index (κ2) is 5.47. The van der Waals surface area contributed by atoms with Crippen molar-refractivity contribution >= 4 is 22.5 Å². The lowest BCUT2D eigenvalue weighted by Gasteiger charge is -2.24. The molecule has 0 saturated heterocycles. The van der Waals surface area contributed by atoms with Crippen LogP contribution in [0.2, 0.25) is 0 Å². The highest BCUT2D eigenvalue weighted by molar-refractivity contribution is 5.95. The van der Waals surface area contributed by atoms with Crippen LogP contribution >= 0.6 is 0 Å². The summed E-state index contributed by atoms with van der Waals surface area (Å²) in [6.07, 6.45) is 5.23. The quantitative estimate of drug-likeness (QED) is 0.666. The Kier molecular flexibility index (Phi) is 3.30. The lowest BCUT2D eigenvalue weighted by molar-refractivity contribution is 0.255. The van der Waals surface area contributed by atoms with E-state index in [1.165, 1.54) is 16.3 Å². The zero-order chi connectivity index (χ0) is 15.8. The number of nitrogen functional groups attached to an aromatic ring is 1. The van der Waals surface area contributed by atoms with Gasteiger partial charge in [-0.3, -0.25) is 0 Å². The number of hydrogen-bond acceptors (Lipinski definition) is 2. The summed E-state index contributed by atoms with van der Waals surface area (Å²) < 4.78 is 6.34. The van der Waals surface area contributed by atoms with Crippen LogP contribution in [0.1, 0.15) is 29.7 Å². The van der Waals surface area contributed by atoms with Gasteiger partial charge in [0.2, 0.25) is 0 Å². The van der Waals surface area contributed by atoms with Gasteiger partial charge >= 0.3 is 0 Å². The van der Waals surface area contributed by atoms with Crippen LogP contribution in [0.15, 0.2) is 60.7 Å². The van der Waals surface area contributed by atoms with Crippen LogP contribution in [0, 0.1) is 0 Å². The molecule has 3 aromatic carbocycles. The van der Waals surface area contributed by atoms with Gasteiger partial charge in [0.25, 0.3) is 0 Å². The molecule has 1 heterocycles. The van der Waals surface area contributed by atoms with E-state index in [0.717, 1.165) is 29.0 Å². The van der Waals surface area contributed by atoms with E-state index in [1.807, 2.05) is 24.3 Å². The van der Waals surface area contributed by atoms with Gasteiger partial charge in [0.05, 0.1) is 0 Å². The third kappa shape index (κ3) is 2.36. The molecule has 0 fully saturated rings. The van der Waals surface area contributed by atoms with Crippen molar-refractivity contribution in [2.45, 2.75) is 19.4 Å². The largest absolute Gasteiger partial charge is 0.480 e. The smallest absolute Gasteiger partial charge is 0.142 e. The first-order valence-electron chi connectivity index (χ1n) is 8.01. The van der Waals surface area contributed by atoms with Gasteiger partial charge in [-0.25, -0.2) is 0 Å². The number of benzene rings is 3. The summed E-state index contributed by atoms with van der Waals surface area (Å²) in [5.41, 5.74) is 10.2. The van der Waals surface area contributed by atoms with Crippen LogP contribution in [-0.2, 0) is 6.42 Å². The van der Waals surface area contributed by atoms with Crippen LogP contribution in [-0.4, -0.2) is 0 Å². The van der Waals surface area contributed by atoms with Gasteiger partial charge in [-0.2, -0.15) is 0 Å². The van der Waals surface area contributed by atoms with E-state index in [9.17, 15) is 0 Å². The highest BCUT2D eigenvalue weighted by Crippen LogP contribution is 2.40. The minimum Gasteiger partial charge on any atom is -0.480 e. The molecule has 0 saturated carbocycles. The number of ether oxygens (including phenoxy) is 1. The summed E-state index contributed by atoms with van der Waals surface area (Å²) in [6, 6.07) is 18.6. The van der Waals surface area contributed by atoms with Gasteiger partial charge in [0.15, 0.2) is 0 Å². The Morgan fingerprint density at radius 3 is 2.48 bits per heavy atom. The van der Waals surface area contributed by atoms with Crippen molar-refractivity contribution in [3.05, 3.63) is 77.4 Å². The first-order chi connectivity index (χ1) is 11.3. The highest BCUT2D eigenvalue weighted by Gasteiger charge is 2.20. The second-order valence-electron chi connectivity index (χ2n) is 5.92. The fraction of sp³-hybridized carbons (Fsp3) is 0.143. The fourth-order valence-electron chi connectivity index (χ4n) is 3.22. The summed E-state index contributed by atoms with van der Waals surface area (Å²) in [4.78, 5) is 0. The zero-order valence-electron chi connectivity index (χ0n) is 13.1. The Bertz CT molecular complexity index is 894.